The standard InChI is InChI=1S/C11H19NO2/c1-8(13)11(6-5-7-11)12-9(14)10(2,3)4/h5-7H2,1-4H3,(H,12,14). The van der Waals surface area contributed by atoms with Crippen LogP contribution in [0.25, 0.3) is 0 Å². The maximum atomic E-state index is 11.7. The topological polar surface area (TPSA) is 46.2 Å². The summed E-state index contributed by atoms with van der Waals surface area (Å²) in [5.74, 6) is 0.0498. The largest absolute Gasteiger partial charge is 0.343 e. The highest BCUT2D eigenvalue weighted by Gasteiger charge is 2.44. The van der Waals surface area contributed by atoms with Gasteiger partial charge in [0.25, 0.3) is 0 Å². The Balaban J connectivity index is 2.67. The van der Waals surface area contributed by atoms with Crippen LogP contribution in [0.2, 0.25) is 0 Å². The highest BCUT2D eigenvalue weighted by molar-refractivity contribution is 5.93. The Morgan fingerprint density at radius 2 is 1.71 bits per heavy atom. The predicted octanol–water partition coefficient (Wildman–Crippen LogP) is 1.66. The molecule has 1 saturated carbocycles. The molecule has 1 N–H and O–H groups in total. The van der Waals surface area contributed by atoms with Crippen molar-refractivity contribution in [3.8, 4) is 0 Å². The summed E-state index contributed by atoms with van der Waals surface area (Å²) in [4.78, 5) is 23.1. The maximum Gasteiger partial charge on any atom is 0.226 e. The Labute approximate surface area is 85.3 Å². The predicted molar refractivity (Wildman–Crippen MR) is 54.9 cm³/mol. The number of rotatable bonds is 2. The second-order valence-corrected chi connectivity index (χ2v) is 5.20. The summed E-state index contributed by atoms with van der Waals surface area (Å²) in [5, 5.41) is 2.88. The summed E-state index contributed by atoms with van der Waals surface area (Å²) in [5.41, 5.74) is -0.956. The number of carbonyl (C=O) groups excluding carboxylic acids is 2. The summed E-state index contributed by atoms with van der Waals surface area (Å²) >= 11 is 0. The van der Waals surface area contributed by atoms with E-state index in [4.69, 9.17) is 0 Å². The van der Waals surface area contributed by atoms with Crippen molar-refractivity contribution < 1.29 is 9.59 Å². The van der Waals surface area contributed by atoms with Gasteiger partial charge in [0, 0.05) is 5.41 Å². The van der Waals surface area contributed by atoms with E-state index in [0.717, 1.165) is 19.3 Å². The monoisotopic (exact) mass is 197 g/mol. The SMILES string of the molecule is CC(=O)C1(NC(=O)C(C)(C)C)CCC1. The molecule has 1 aliphatic carbocycles. The fourth-order valence-electron chi connectivity index (χ4n) is 1.50. The minimum absolute atomic E-state index is 0.0348. The molecule has 0 radical (unpaired) electrons. The fraction of sp³-hybridized carbons (Fsp3) is 0.818. The van der Waals surface area contributed by atoms with Gasteiger partial charge in [-0.15, -0.1) is 0 Å². The van der Waals surface area contributed by atoms with Crippen molar-refractivity contribution >= 4 is 11.7 Å². The van der Waals surface area contributed by atoms with E-state index in [1.807, 2.05) is 20.8 Å². The van der Waals surface area contributed by atoms with Crippen molar-refractivity contribution in [2.45, 2.75) is 52.5 Å². The molecular weight excluding hydrogens is 178 g/mol. The van der Waals surface area contributed by atoms with E-state index in [2.05, 4.69) is 5.32 Å². The molecule has 0 heterocycles. The number of Topliss-reactive ketones (excluding diaryl/α,β-unsaturated/α-hetero) is 1. The molecule has 1 rings (SSSR count). The molecule has 0 aromatic carbocycles. The number of carbonyl (C=O) groups is 2. The van der Waals surface area contributed by atoms with Gasteiger partial charge in [-0.05, 0) is 26.2 Å². The number of ketones is 1. The van der Waals surface area contributed by atoms with Crippen LogP contribution in [0.4, 0.5) is 0 Å². The third-order valence-corrected chi connectivity index (χ3v) is 2.92. The van der Waals surface area contributed by atoms with Crippen LogP contribution in [0.1, 0.15) is 47.0 Å². The van der Waals surface area contributed by atoms with Gasteiger partial charge in [-0.1, -0.05) is 20.8 Å². The highest BCUT2D eigenvalue weighted by atomic mass is 16.2. The van der Waals surface area contributed by atoms with Crippen LogP contribution in [0.3, 0.4) is 0 Å². The molecule has 0 aliphatic heterocycles. The van der Waals surface area contributed by atoms with Crippen LogP contribution in [0, 0.1) is 5.41 Å². The first-order valence-electron chi connectivity index (χ1n) is 5.12. The van der Waals surface area contributed by atoms with Gasteiger partial charge in [0.05, 0.1) is 5.54 Å². The van der Waals surface area contributed by atoms with Crippen LogP contribution < -0.4 is 5.32 Å². The van der Waals surface area contributed by atoms with Crippen molar-refractivity contribution in [2.24, 2.45) is 5.41 Å². The van der Waals surface area contributed by atoms with Gasteiger partial charge in [0.2, 0.25) is 5.91 Å². The second-order valence-electron chi connectivity index (χ2n) is 5.20. The smallest absolute Gasteiger partial charge is 0.226 e. The lowest BCUT2D eigenvalue weighted by Gasteiger charge is -2.41. The Bertz CT molecular complexity index is 259. The number of nitrogens with one attached hydrogen (secondary N) is 1. The van der Waals surface area contributed by atoms with E-state index < -0.39 is 11.0 Å². The summed E-state index contributed by atoms with van der Waals surface area (Å²) in [7, 11) is 0. The lowest BCUT2D eigenvalue weighted by molar-refractivity contribution is -0.138. The number of amides is 1. The summed E-state index contributed by atoms with van der Waals surface area (Å²) in [6.45, 7) is 7.13. The molecule has 0 bridgehead atoms. The van der Waals surface area contributed by atoms with E-state index in [-0.39, 0.29) is 11.7 Å². The average Bonchev–Trinajstić information content (AvgIpc) is 1.93. The van der Waals surface area contributed by atoms with Crippen molar-refractivity contribution in [3.63, 3.8) is 0 Å². The first-order valence-corrected chi connectivity index (χ1v) is 5.12. The molecule has 1 amide bonds. The molecule has 0 saturated heterocycles. The number of hydrogen-bond donors (Lipinski definition) is 1. The first-order chi connectivity index (χ1) is 6.28. The molecule has 0 unspecified atom stereocenters. The Hall–Kier alpha value is -0.860. The van der Waals surface area contributed by atoms with E-state index in [0.29, 0.717) is 0 Å². The van der Waals surface area contributed by atoms with Crippen molar-refractivity contribution in [1.82, 2.24) is 5.32 Å². The summed E-state index contributed by atoms with van der Waals surface area (Å²) in [6.07, 6.45) is 2.62. The van der Waals surface area contributed by atoms with E-state index in [9.17, 15) is 9.59 Å². The van der Waals surface area contributed by atoms with Gasteiger partial charge >= 0.3 is 0 Å². The number of hydrogen-bond acceptors (Lipinski definition) is 2. The molecule has 1 fully saturated rings. The Kier molecular flexibility index (Phi) is 2.70. The van der Waals surface area contributed by atoms with Crippen LogP contribution >= 0.6 is 0 Å². The lowest BCUT2D eigenvalue weighted by atomic mass is 9.73. The zero-order chi connectivity index (χ0) is 11.0. The van der Waals surface area contributed by atoms with Gasteiger partial charge in [0.1, 0.15) is 0 Å². The molecule has 0 aromatic rings. The molecule has 3 heteroatoms. The molecule has 14 heavy (non-hydrogen) atoms. The van der Waals surface area contributed by atoms with Crippen molar-refractivity contribution in [2.75, 3.05) is 0 Å². The minimum atomic E-state index is -0.537. The molecular formula is C11H19NO2. The zero-order valence-electron chi connectivity index (χ0n) is 9.44. The van der Waals surface area contributed by atoms with Crippen LogP contribution in [-0.2, 0) is 9.59 Å². The maximum absolute atomic E-state index is 11.7. The van der Waals surface area contributed by atoms with Gasteiger partial charge in [-0.2, -0.15) is 0 Å². The normalized spacial score (nSPS) is 19.7. The Morgan fingerprint density at radius 3 is 1.93 bits per heavy atom. The average molecular weight is 197 g/mol. The second kappa shape index (κ2) is 3.37. The molecule has 80 valence electrons. The minimum Gasteiger partial charge on any atom is -0.343 e. The van der Waals surface area contributed by atoms with Gasteiger partial charge in [0.15, 0.2) is 5.78 Å². The molecule has 1 aliphatic rings. The van der Waals surface area contributed by atoms with E-state index in [1.165, 1.54) is 0 Å². The van der Waals surface area contributed by atoms with Crippen LogP contribution in [0.5, 0.6) is 0 Å². The lowest BCUT2D eigenvalue weighted by Crippen LogP contribution is -2.60. The quantitative estimate of drug-likeness (QED) is 0.731. The van der Waals surface area contributed by atoms with Crippen molar-refractivity contribution in [1.29, 1.82) is 0 Å². The summed E-state index contributed by atoms with van der Waals surface area (Å²) < 4.78 is 0. The van der Waals surface area contributed by atoms with Gasteiger partial charge in [-0.3, -0.25) is 9.59 Å². The Morgan fingerprint density at radius 1 is 1.21 bits per heavy atom. The third-order valence-electron chi connectivity index (χ3n) is 2.92. The molecule has 0 spiro atoms. The first kappa shape index (κ1) is 11.2. The molecule has 0 aromatic heterocycles. The summed E-state index contributed by atoms with van der Waals surface area (Å²) in [6, 6.07) is 0. The zero-order valence-corrected chi connectivity index (χ0v) is 9.44. The third kappa shape index (κ3) is 1.97. The van der Waals surface area contributed by atoms with Gasteiger partial charge in [-0.25, -0.2) is 0 Å². The van der Waals surface area contributed by atoms with E-state index in [1.54, 1.807) is 6.92 Å². The van der Waals surface area contributed by atoms with Crippen LogP contribution in [-0.4, -0.2) is 17.2 Å². The van der Waals surface area contributed by atoms with Gasteiger partial charge < -0.3 is 5.32 Å². The van der Waals surface area contributed by atoms with E-state index >= 15 is 0 Å². The molecule has 3 nitrogen and oxygen atoms in total. The van der Waals surface area contributed by atoms with Crippen LogP contribution in [0.15, 0.2) is 0 Å². The van der Waals surface area contributed by atoms with Crippen molar-refractivity contribution in [3.05, 3.63) is 0 Å². The highest BCUT2D eigenvalue weighted by Crippen LogP contribution is 2.33. The molecule has 0 atom stereocenters. The fourth-order valence-corrected chi connectivity index (χ4v) is 1.50.